The van der Waals surface area contributed by atoms with E-state index in [0.29, 0.717) is 23.3 Å². The van der Waals surface area contributed by atoms with Gasteiger partial charge in [-0.05, 0) is 61.3 Å². The fourth-order valence-electron chi connectivity index (χ4n) is 5.58. The van der Waals surface area contributed by atoms with Crippen molar-refractivity contribution in [1.82, 2.24) is 20.3 Å². The lowest BCUT2D eigenvalue weighted by Crippen LogP contribution is -2.45. The maximum atomic E-state index is 14.5. The van der Waals surface area contributed by atoms with Crippen LogP contribution in [0.2, 0.25) is 0 Å². The van der Waals surface area contributed by atoms with Gasteiger partial charge in [0.2, 0.25) is 5.95 Å². The molecular weight excluding hydrogens is 470 g/mol. The Hall–Kier alpha value is -3.65. The largest absolute Gasteiger partial charge is 0.497 e. The number of nitrogens with one attached hydrogen (secondary N) is 3. The molecule has 0 unspecified atom stereocenters. The zero-order chi connectivity index (χ0) is 25.1. The Labute approximate surface area is 216 Å². The Balaban J connectivity index is 1.70. The van der Waals surface area contributed by atoms with Crippen LogP contribution in [0.3, 0.4) is 0 Å². The fraction of sp³-hybridized carbons (Fsp3) is 0.321. The summed E-state index contributed by atoms with van der Waals surface area (Å²) in [4.78, 5) is 19.5. The maximum absolute atomic E-state index is 14.5. The highest BCUT2D eigenvalue weighted by Gasteiger charge is 2.43. The molecule has 2 aliphatic rings. The number of thiocarbonyl (C=S) groups is 1. The van der Waals surface area contributed by atoms with Crippen molar-refractivity contribution < 1.29 is 4.74 Å². The maximum Gasteiger partial charge on any atom is 0.263 e. The van der Waals surface area contributed by atoms with Crippen LogP contribution >= 0.6 is 12.2 Å². The van der Waals surface area contributed by atoms with Crippen LogP contribution in [-0.2, 0) is 11.8 Å². The van der Waals surface area contributed by atoms with Gasteiger partial charge in [0, 0.05) is 17.5 Å². The zero-order valence-corrected chi connectivity index (χ0v) is 21.3. The molecule has 0 saturated heterocycles. The molecule has 1 saturated carbocycles. The second kappa shape index (κ2) is 10.1. The third-order valence-electron chi connectivity index (χ3n) is 7.25. The Bertz CT molecular complexity index is 1340. The average molecular weight is 502 g/mol. The summed E-state index contributed by atoms with van der Waals surface area (Å²) in [6.45, 7) is 4.22. The monoisotopic (exact) mass is 501 g/mol. The van der Waals surface area contributed by atoms with Gasteiger partial charge in [0.1, 0.15) is 5.75 Å². The lowest BCUT2D eigenvalue weighted by atomic mass is 9.62. The van der Waals surface area contributed by atoms with E-state index in [1.54, 1.807) is 17.8 Å². The van der Waals surface area contributed by atoms with Crippen LogP contribution in [0.1, 0.15) is 43.2 Å². The van der Waals surface area contributed by atoms with Gasteiger partial charge < -0.3 is 10.1 Å². The Kier molecular flexibility index (Phi) is 6.78. The first-order valence-electron chi connectivity index (χ1n) is 12.4. The number of anilines is 1. The molecule has 0 amide bonds. The predicted molar refractivity (Wildman–Crippen MR) is 148 cm³/mol. The number of nitrogens with zero attached hydrogens (tertiary/aromatic N) is 2. The number of benzene rings is 2. The standard InChI is InChI=1S/C28H31N5O2S/c1-3-17-29-27(36)32-31-26-30-24-22-10-6-5-9-19(22)18-28(15-7-4-8-16-28)23(24)25(34)33(26)20-11-13-21(35-2)14-12-20/h3,5-6,9-14H,1,4,7-8,15-18H2,2H3,(H,30,31)(H2,29,32,36). The van der Waals surface area contributed by atoms with Crippen LogP contribution in [0.4, 0.5) is 5.95 Å². The van der Waals surface area contributed by atoms with Gasteiger partial charge in [-0.25, -0.2) is 9.55 Å². The van der Waals surface area contributed by atoms with Gasteiger partial charge in [-0.1, -0.05) is 49.6 Å². The number of fused-ring (bicyclic) bond motifs is 4. The zero-order valence-electron chi connectivity index (χ0n) is 20.5. The first kappa shape index (κ1) is 24.1. The van der Waals surface area contributed by atoms with Crippen molar-refractivity contribution in [3.05, 3.63) is 82.7 Å². The molecule has 3 aromatic rings. The van der Waals surface area contributed by atoms with Crippen molar-refractivity contribution in [2.24, 2.45) is 0 Å². The van der Waals surface area contributed by atoms with E-state index in [1.165, 1.54) is 12.0 Å². The molecule has 1 fully saturated rings. The number of ether oxygens (including phenoxy) is 1. The third-order valence-corrected chi connectivity index (χ3v) is 7.50. The molecule has 2 aliphatic carbocycles. The highest BCUT2D eigenvalue weighted by Crippen LogP contribution is 2.48. The van der Waals surface area contributed by atoms with Crippen LogP contribution in [0.5, 0.6) is 5.75 Å². The van der Waals surface area contributed by atoms with Crippen molar-refractivity contribution in [2.75, 3.05) is 19.1 Å². The number of hydrazine groups is 1. The summed E-state index contributed by atoms with van der Waals surface area (Å²) in [6, 6.07) is 15.8. The van der Waals surface area contributed by atoms with Gasteiger partial charge in [0.25, 0.3) is 5.56 Å². The summed E-state index contributed by atoms with van der Waals surface area (Å²) >= 11 is 5.36. The van der Waals surface area contributed by atoms with E-state index >= 15 is 0 Å². The third kappa shape index (κ3) is 4.37. The van der Waals surface area contributed by atoms with Gasteiger partial charge in [-0.15, -0.1) is 6.58 Å². The SMILES string of the molecule is C=CCNC(=S)NNc1nc2c(c(=O)n1-c1ccc(OC)cc1)C1(CCCCC1)Cc1ccccc1-2. The number of aromatic nitrogens is 2. The molecule has 1 heterocycles. The van der Waals surface area contributed by atoms with Crippen molar-refractivity contribution >= 4 is 23.3 Å². The lowest BCUT2D eigenvalue weighted by molar-refractivity contribution is 0.284. The molecule has 2 aromatic carbocycles. The van der Waals surface area contributed by atoms with Crippen LogP contribution in [0, 0.1) is 0 Å². The minimum absolute atomic E-state index is 0.0455. The summed E-state index contributed by atoms with van der Waals surface area (Å²) < 4.78 is 6.98. The van der Waals surface area contributed by atoms with Crippen LogP contribution in [-0.4, -0.2) is 28.3 Å². The molecule has 3 N–H and O–H groups in total. The van der Waals surface area contributed by atoms with Crippen LogP contribution in [0.15, 0.2) is 66.0 Å². The molecule has 186 valence electrons. The number of hydrogen-bond donors (Lipinski definition) is 3. The van der Waals surface area contributed by atoms with E-state index in [2.05, 4.69) is 40.9 Å². The van der Waals surface area contributed by atoms with E-state index in [-0.39, 0.29) is 11.0 Å². The molecule has 0 aliphatic heterocycles. The second-order valence-corrected chi connectivity index (χ2v) is 9.83. The molecule has 1 aromatic heterocycles. The number of hydrogen-bond acceptors (Lipinski definition) is 5. The van der Waals surface area contributed by atoms with Gasteiger partial charge in [0.05, 0.1) is 24.1 Å². The second-order valence-electron chi connectivity index (χ2n) is 9.42. The van der Waals surface area contributed by atoms with Crippen molar-refractivity contribution in [1.29, 1.82) is 0 Å². The van der Waals surface area contributed by atoms with Crippen molar-refractivity contribution in [2.45, 2.75) is 43.9 Å². The van der Waals surface area contributed by atoms with E-state index in [1.807, 2.05) is 30.3 Å². The fourth-order valence-corrected chi connectivity index (χ4v) is 5.72. The summed E-state index contributed by atoms with van der Waals surface area (Å²) in [5.74, 6) is 1.09. The Morgan fingerprint density at radius 1 is 1.17 bits per heavy atom. The molecule has 8 heteroatoms. The summed E-state index contributed by atoms with van der Waals surface area (Å²) in [5.41, 5.74) is 10.4. The van der Waals surface area contributed by atoms with E-state index < -0.39 is 0 Å². The highest BCUT2D eigenvalue weighted by atomic mass is 32.1. The van der Waals surface area contributed by atoms with Gasteiger partial charge in [0.15, 0.2) is 5.11 Å². The Morgan fingerprint density at radius 3 is 2.64 bits per heavy atom. The molecule has 0 atom stereocenters. The minimum Gasteiger partial charge on any atom is -0.497 e. The summed E-state index contributed by atoms with van der Waals surface area (Å²) in [5, 5.41) is 3.41. The topological polar surface area (TPSA) is 80.2 Å². The highest BCUT2D eigenvalue weighted by molar-refractivity contribution is 7.80. The number of methoxy groups -OCH3 is 1. The quantitative estimate of drug-likeness (QED) is 0.258. The average Bonchev–Trinajstić information content (AvgIpc) is 2.91. The molecular formula is C28H31N5O2S. The van der Waals surface area contributed by atoms with E-state index in [9.17, 15) is 4.79 Å². The lowest BCUT2D eigenvalue weighted by Gasteiger charge is -2.42. The van der Waals surface area contributed by atoms with Gasteiger partial charge in [-0.2, -0.15) is 0 Å². The van der Waals surface area contributed by atoms with Crippen LogP contribution in [0.25, 0.3) is 16.9 Å². The summed E-state index contributed by atoms with van der Waals surface area (Å²) in [6.07, 6.45) is 8.03. The molecule has 5 rings (SSSR count). The van der Waals surface area contributed by atoms with Crippen LogP contribution < -0.4 is 26.5 Å². The summed E-state index contributed by atoms with van der Waals surface area (Å²) in [7, 11) is 1.63. The smallest absolute Gasteiger partial charge is 0.263 e. The molecule has 0 bridgehead atoms. The molecule has 0 radical (unpaired) electrons. The molecule has 36 heavy (non-hydrogen) atoms. The van der Waals surface area contributed by atoms with Gasteiger partial charge in [-0.3, -0.25) is 15.6 Å². The molecule has 1 spiro atoms. The van der Waals surface area contributed by atoms with Crippen molar-refractivity contribution in [3.8, 4) is 22.7 Å². The van der Waals surface area contributed by atoms with Gasteiger partial charge >= 0.3 is 0 Å². The van der Waals surface area contributed by atoms with E-state index in [4.69, 9.17) is 21.9 Å². The Morgan fingerprint density at radius 2 is 1.92 bits per heavy atom. The van der Waals surface area contributed by atoms with Crippen molar-refractivity contribution in [3.63, 3.8) is 0 Å². The first-order valence-corrected chi connectivity index (χ1v) is 12.8. The first-order chi connectivity index (χ1) is 17.6. The normalized spacial score (nSPS) is 15.4. The molecule has 7 nitrogen and oxygen atoms in total. The van der Waals surface area contributed by atoms with E-state index in [0.717, 1.165) is 54.7 Å². The predicted octanol–water partition coefficient (Wildman–Crippen LogP) is 4.64. The number of rotatable bonds is 6. The minimum atomic E-state index is -0.201.